The SMILES string of the molecule is C=C(C)C(OC(=O)Nc1ccc(F)c(OCCCCCCCC)c1)C(=O)OCC. The zero-order valence-corrected chi connectivity index (χ0v) is 17.6. The number of nitrogens with one attached hydrogen (secondary N) is 1. The Bertz CT molecular complexity index is 677. The van der Waals surface area contributed by atoms with E-state index in [-0.39, 0.29) is 12.4 Å². The van der Waals surface area contributed by atoms with Crippen LogP contribution in [0.15, 0.2) is 30.4 Å². The molecule has 29 heavy (non-hydrogen) atoms. The van der Waals surface area contributed by atoms with Gasteiger partial charge in [-0.25, -0.2) is 14.0 Å². The molecular formula is C22H32FNO5. The summed E-state index contributed by atoms with van der Waals surface area (Å²) in [6.45, 7) is 9.57. The molecule has 0 spiro atoms. The van der Waals surface area contributed by atoms with Crippen LogP contribution in [0.4, 0.5) is 14.9 Å². The Balaban J connectivity index is 2.57. The number of carbonyl (C=O) groups excluding carboxylic acids is 2. The highest BCUT2D eigenvalue weighted by Gasteiger charge is 2.25. The Morgan fingerprint density at radius 1 is 1.14 bits per heavy atom. The quantitative estimate of drug-likeness (QED) is 0.260. The molecule has 1 aromatic rings. The summed E-state index contributed by atoms with van der Waals surface area (Å²) in [5, 5.41) is 2.46. The molecule has 0 saturated carbocycles. The monoisotopic (exact) mass is 409 g/mol. The lowest BCUT2D eigenvalue weighted by Gasteiger charge is -2.17. The van der Waals surface area contributed by atoms with E-state index in [1.807, 2.05) is 0 Å². The lowest BCUT2D eigenvalue weighted by molar-refractivity contribution is -0.150. The van der Waals surface area contributed by atoms with Crippen LogP contribution in [0.3, 0.4) is 0 Å². The van der Waals surface area contributed by atoms with Gasteiger partial charge in [0.25, 0.3) is 0 Å². The molecule has 0 bridgehead atoms. The lowest BCUT2D eigenvalue weighted by Crippen LogP contribution is -2.31. The van der Waals surface area contributed by atoms with Gasteiger partial charge >= 0.3 is 12.1 Å². The van der Waals surface area contributed by atoms with Crippen LogP contribution >= 0.6 is 0 Å². The van der Waals surface area contributed by atoms with Gasteiger partial charge in [-0.2, -0.15) is 0 Å². The van der Waals surface area contributed by atoms with Crippen molar-refractivity contribution in [1.29, 1.82) is 0 Å². The van der Waals surface area contributed by atoms with Crippen LogP contribution in [-0.4, -0.2) is 31.4 Å². The molecule has 162 valence electrons. The number of carbonyl (C=O) groups is 2. The third-order valence-electron chi connectivity index (χ3n) is 4.11. The number of unbranched alkanes of at least 4 members (excludes halogenated alkanes) is 5. The van der Waals surface area contributed by atoms with E-state index in [0.29, 0.717) is 17.9 Å². The van der Waals surface area contributed by atoms with Crippen LogP contribution in [0.1, 0.15) is 59.3 Å². The fraction of sp³-hybridized carbons (Fsp3) is 0.545. The van der Waals surface area contributed by atoms with Crippen LogP contribution in [0.5, 0.6) is 5.75 Å². The first-order valence-electron chi connectivity index (χ1n) is 10.1. The van der Waals surface area contributed by atoms with Crippen LogP contribution in [-0.2, 0) is 14.3 Å². The molecule has 1 N–H and O–H groups in total. The van der Waals surface area contributed by atoms with Gasteiger partial charge in [0, 0.05) is 11.8 Å². The van der Waals surface area contributed by atoms with Crippen molar-refractivity contribution in [3.05, 3.63) is 36.2 Å². The maximum absolute atomic E-state index is 13.9. The highest BCUT2D eigenvalue weighted by molar-refractivity contribution is 5.88. The van der Waals surface area contributed by atoms with Crippen LogP contribution in [0.25, 0.3) is 0 Å². The van der Waals surface area contributed by atoms with Gasteiger partial charge in [-0.3, -0.25) is 5.32 Å². The van der Waals surface area contributed by atoms with E-state index in [2.05, 4.69) is 18.8 Å². The van der Waals surface area contributed by atoms with Crippen molar-refractivity contribution >= 4 is 17.7 Å². The Morgan fingerprint density at radius 2 is 1.83 bits per heavy atom. The molecule has 1 aromatic carbocycles. The molecule has 0 aliphatic heterocycles. The molecule has 0 saturated heterocycles. The minimum atomic E-state index is -1.21. The zero-order valence-electron chi connectivity index (χ0n) is 17.6. The second-order valence-corrected chi connectivity index (χ2v) is 6.77. The number of esters is 1. The lowest BCUT2D eigenvalue weighted by atomic mass is 10.1. The van der Waals surface area contributed by atoms with E-state index in [1.54, 1.807) is 13.8 Å². The van der Waals surface area contributed by atoms with Gasteiger partial charge in [0.05, 0.1) is 13.2 Å². The Morgan fingerprint density at radius 3 is 2.48 bits per heavy atom. The summed E-state index contributed by atoms with van der Waals surface area (Å²) >= 11 is 0. The molecule has 1 rings (SSSR count). The predicted octanol–water partition coefficient (Wildman–Crippen LogP) is 5.62. The molecule has 0 radical (unpaired) electrons. The van der Waals surface area contributed by atoms with E-state index >= 15 is 0 Å². The summed E-state index contributed by atoms with van der Waals surface area (Å²) in [6.07, 6.45) is 4.53. The Kier molecular flexibility index (Phi) is 11.5. The first-order valence-corrected chi connectivity index (χ1v) is 10.1. The fourth-order valence-corrected chi connectivity index (χ4v) is 2.58. The minimum Gasteiger partial charge on any atom is -0.490 e. The van der Waals surface area contributed by atoms with Gasteiger partial charge in [-0.15, -0.1) is 0 Å². The van der Waals surface area contributed by atoms with E-state index in [9.17, 15) is 14.0 Å². The van der Waals surface area contributed by atoms with Gasteiger partial charge in [-0.05, 0) is 38.0 Å². The number of anilines is 1. The number of hydrogen-bond donors (Lipinski definition) is 1. The van der Waals surface area contributed by atoms with Crippen LogP contribution in [0.2, 0.25) is 0 Å². The van der Waals surface area contributed by atoms with Crippen molar-refractivity contribution in [1.82, 2.24) is 0 Å². The summed E-state index contributed by atoms with van der Waals surface area (Å²) < 4.78 is 29.4. The van der Waals surface area contributed by atoms with Crippen molar-refractivity contribution in [2.75, 3.05) is 18.5 Å². The number of halogens is 1. The predicted molar refractivity (Wildman–Crippen MR) is 111 cm³/mol. The van der Waals surface area contributed by atoms with Gasteiger partial charge in [0.1, 0.15) is 0 Å². The van der Waals surface area contributed by atoms with Gasteiger partial charge in [-0.1, -0.05) is 45.6 Å². The summed E-state index contributed by atoms with van der Waals surface area (Å²) in [5.41, 5.74) is 0.624. The first kappa shape index (κ1) is 24.5. The maximum atomic E-state index is 13.9. The standard InChI is InChI=1S/C22H32FNO5/c1-5-7-8-9-10-11-14-28-19-15-17(12-13-18(19)23)24-22(26)29-20(16(3)4)21(25)27-6-2/h12-13,15,20H,3,5-11,14H2,1-2,4H3,(H,24,26). The van der Waals surface area contributed by atoms with Gasteiger partial charge < -0.3 is 14.2 Å². The van der Waals surface area contributed by atoms with Crippen molar-refractivity contribution in [3.63, 3.8) is 0 Å². The molecule has 6 nitrogen and oxygen atoms in total. The number of hydrogen-bond acceptors (Lipinski definition) is 5. The van der Waals surface area contributed by atoms with Crippen molar-refractivity contribution in [3.8, 4) is 5.75 Å². The molecule has 0 heterocycles. The second-order valence-electron chi connectivity index (χ2n) is 6.77. The molecule has 0 aliphatic carbocycles. The van der Waals surface area contributed by atoms with Gasteiger partial charge in [0.15, 0.2) is 11.6 Å². The molecule has 7 heteroatoms. The van der Waals surface area contributed by atoms with E-state index in [0.717, 1.165) is 19.3 Å². The fourth-order valence-electron chi connectivity index (χ4n) is 2.58. The summed E-state index contributed by atoms with van der Waals surface area (Å²) in [6, 6.07) is 3.97. The first-order chi connectivity index (χ1) is 13.9. The Hall–Kier alpha value is -2.57. The third kappa shape index (κ3) is 9.45. The average Bonchev–Trinajstić information content (AvgIpc) is 2.67. The highest BCUT2D eigenvalue weighted by atomic mass is 19.1. The minimum absolute atomic E-state index is 0.0539. The average molecular weight is 409 g/mol. The topological polar surface area (TPSA) is 73.9 Å². The molecular weight excluding hydrogens is 377 g/mol. The van der Waals surface area contributed by atoms with E-state index < -0.39 is 24.0 Å². The number of rotatable bonds is 13. The highest BCUT2D eigenvalue weighted by Crippen LogP contribution is 2.23. The van der Waals surface area contributed by atoms with E-state index in [4.69, 9.17) is 14.2 Å². The van der Waals surface area contributed by atoms with Crippen molar-refractivity contribution < 1.29 is 28.2 Å². The van der Waals surface area contributed by atoms with Crippen molar-refractivity contribution in [2.45, 2.75) is 65.4 Å². The molecule has 0 fully saturated rings. The zero-order chi connectivity index (χ0) is 21.6. The third-order valence-corrected chi connectivity index (χ3v) is 4.11. The molecule has 1 atom stereocenters. The maximum Gasteiger partial charge on any atom is 0.412 e. The molecule has 0 aromatic heterocycles. The van der Waals surface area contributed by atoms with Crippen molar-refractivity contribution in [2.24, 2.45) is 0 Å². The molecule has 1 amide bonds. The smallest absolute Gasteiger partial charge is 0.412 e. The summed E-state index contributed by atoms with van der Waals surface area (Å²) in [7, 11) is 0. The normalized spacial score (nSPS) is 11.4. The molecule has 0 aliphatic rings. The second kappa shape index (κ2) is 13.6. The van der Waals surface area contributed by atoms with Crippen LogP contribution in [0, 0.1) is 5.82 Å². The Labute approximate surface area is 172 Å². The number of benzene rings is 1. The summed E-state index contributed by atoms with van der Waals surface area (Å²) in [5.74, 6) is -1.16. The van der Waals surface area contributed by atoms with Crippen LogP contribution < -0.4 is 10.1 Å². The number of amides is 1. The largest absolute Gasteiger partial charge is 0.490 e. The summed E-state index contributed by atoms with van der Waals surface area (Å²) in [4.78, 5) is 23.9. The van der Waals surface area contributed by atoms with Gasteiger partial charge in [0.2, 0.25) is 6.10 Å². The molecule has 1 unspecified atom stereocenters. The van der Waals surface area contributed by atoms with E-state index in [1.165, 1.54) is 37.5 Å². The number of ether oxygens (including phenoxy) is 3.